The van der Waals surface area contributed by atoms with Crippen molar-refractivity contribution in [1.82, 2.24) is 0 Å². The summed E-state index contributed by atoms with van der Waals surface area (Å²) in [5.74, 6) is 0. The summed E-state index contributed by atoms with van der Waals surface area (Å²) in [7, 11) is 0. The highest BCUT2D eigenvalue weighted by Crippen LogP contribution is 2.18. The van der Waals surface area contributed by atoms with Gasteiger partial charge >= 0.3 is 0 Å². The van der Waals surface area contributed by atoms with Gasteiger partial charge in [-0.15, -0.1) is 0 Å². The maximum atomic E-state index is 9.63. The van der Waals surface area contributed by atoms with E-state index in [1.54, 1.807) is 0 Å². The molecular weight excluding hydrogens is 328 g/mol. The van der Waals surface area contributed by atoms with Crippen LogP contribution in [0.1, 0.15) is 46.0 Å². The standard InChI is InChI=1S/C8H12N2O2.C6H14O3.C3H6O/c11-7-9-5-3-1-2-4-6-10-8-12;1-2-6(3-7,4-8)5-9;1-3-2-4-3/h1-6H2;7-9H,2-5H2,1H3;3H,2H2,1H3. The minimum Gasteiger partial charge on any atom is -0.396 e. The highest BCUT2D eigenvalue weighted by Gasteiger charge is 2.24. The van der Waals surface area contributed by atoms with Gasteiger partial charge in [0.2, 0.25) is 12.2 Å². The molecule has 0 amide bonds. The van der Waals surface area contributed by atoms with E-state index in [-0.39, 0.29) is 19.8 Å². The van der Waals surface area contributed by atoms with Crippen LogP contribution >= 0.6 is 0 Å². The zero-order chi connectivity index (χ0) is 19.4. The molecule has 1 rings (SSSR count). The zero-order valence-corrected chi connectivity index (χ0v) is 15.3. The first kappa shape index (κ1) is 25.8. The second-order valence-corrected chi connectivity index (χ2v) is 5.83. The first-order valence-electron chi connectivity index (χ1n) is 8.57. The molecule has 8 nitrogen and oxygen atoms in total. The van der Waals surface area contributed by atoms with E-state index < -0.39 is 5.41 Å². The molecule has 0 aromatic heterocycles. The third-order valence-corrected chi connectivity index (χ3v) is 3.68. The van der Waals surface area contributed by atoms with Crippen LogP contribution in [0.15, 0.2) is 9.98 Å². The normalized spacial score (nSPS) is 14.7. The highest BCUT2D eigenvalue weighted by molar-refractivity contribution is 5.32. The summed E-state index contributed by atoms with van der Waals surface area (Å²) in [6.07, 6.45) is 7.98. The van der Waals surface area contributed by atoms with E-state index in [1.165, 1.54) is 12.2 Å². The predicted molar refractivity (Wildman–Crippen MR) is 93.8 cm³/mol. The number of epoxide rings is 1. The largest absolute Gasteiger partial charge is 0.396 e. The Kier molecular flexibility index (Phi) is 19.6. The summed E-state index contributed by atoms with van der Waals surface area (Å²) >= 11 is 0. The Morgan fingerprint density at radius 2 is 1.32 bits per heavy atom. The SMILES string of the molecule is CC1CO1.CCC(CO)(CO)CO.O=C=NCCCCCCN=C=O. The van der Waals surface area contributed by atoms with Crippen molar-refractivity contribution in [3.8, 4) is 0 Å². The van der Waals surface area contributed by atoms with Crippen LogP contribution in [0.5, 0.6) is 0 Å². The summed E-state index contributed by atoms with van der Waals surface area (Å²) in [5, 5.41) is 26.0. The van der Waals surface area contributed by atoms with Gasteiger partial charge in [0, 0.05) is 5.41 Å². The smallest absolute Gasteiger partial charge is 0.234 e. The van der Waals surface area contributed by atoms with Crippen LogP contribution in [0.2, 0.25) is 0 Å². The molecule has 3 N–H and O–H groups in total. The average molecular weight is 360 g/mol. The van der Waals surface area contributed by atoms with Crippen LogP contribution in [0, 0.1) is 5.41 Å². The Labute approximate surface area is 149 Å². The lowest BCUT2D eigenvalue weighted by atomic mass is 9.88. The Morgan fingerprint density at radius 3 is 1.48 bits per heavy atom. The molecule has 0 bridgehead atoms. The third kappa shape index (κ3) is 18.8. The van der Waals surface area contributed by atoms with Gasteiger partial charge in [-0.1, -0.05) is 19.8 Å². The number of ether oxygens (including phenoxy) is 1. The van der Waals surface area contributed by atoms with Gasteiger partial charge in [-0.2, -0.15) is 0 Å². The van der Waals surface area contributed by atoms with E-state index >= 15 is 0 Å². The second-order valence-electron chi connectivity index (χ2n) is 5.83. The Bertz CT molecular complexity index is 345. The quantitative estimate of drug-likeness (QED) is 0.218. The van der Waals surface area contributed by atoms with Gasteiger partial charge in [0.05, 0.1) is 45.6 Å². The molecule has 0 spiro atoms. The molecule has 1 saturated heterocycles. The van der Waals surface area contributed by atoms with Crippen LogP contribution in [-0.4, -0.2) is 73.1 Å². The van der Waals surface area contributed by atoms with Crippen LogP contribution in [0.4, 0.5) is 0 Å². The molecule has 1 unspecified atom stereocenters. The molecule has 1 fully saturated rings. The lowest BCUT2D eigenvalue weighted by Gasteiger charge is -2.24. The maximum absolute atomic E-state index is 9.63. The van der Waals surface area contributed by atoms with Crippen LogP contribution in [-0.2, 0) is 14.3 Å². The van der Waals surface area contributed by atoms with Gasteiger partial charge in [-0.3, -0.25) is 0 Å². The first-order valence-corrected chi connectivity index (χ1v) is 8.57. The van der Waals surface area contributed by atoms with Crippen molar-refractivity contribution in [3.05, 3.63) is 0 Å². The molecule has 0 saturated carbocycles. The molecule has 1 aliphatic rings. The molecule has 1 heterocycles. The van der Waals surface area contributed by atoms with Crippen molar-refractivity contribution >= 4 is 12.2 Å². The van der Waals surface area contributed by atoms with Crippen molar-refractivity contribution in [2.75, 3.05) is 39.5 Å². The topological polar surface area (TPSA) is 132 Å². The van der Waals surface area contributed by atoms with Crippen molar-refractivity contribution in [2.24, 2.45) is 15.4 Å². The summed E-state index contributed by atoms with van der Waals surface area (Å²) in [6, 6.07) is 0. The monoisotopic (exact) mass is 360 g/mol. The lowest BCUT2D eigenvalue weighted by molar-refractivity contribution is 0.00304. The number of hydrogen-bond acceptors (Lipinski definition) is 8. The van der Waals surface area contributed by atoms with Gasteiger partial charge in [-0.25, -0.2) is 19.6 Å². The van der Waals surface area contributed by atoms with Crippen LogP contribution < -0.4 is 0 Å². The van der Waals surface area contributed by atoms with Crippen molar-refractivity contribution in [3.63, 3.8) is 0 Å². The minimum atomic E-state index is -0.667. The number of carbonyl (C=O) groups excluding carboxylic acids is 2. The molecule has 0 aliphatic carbocycles. The minimum absolute atomic E-state index is 0.156. The van der Waals surface area contributed by atoms with Crippen molar-refractivity contribution in [1.29, 1.82) is 0 Å². The Balaban J connectivity index is 0. The van der Waals surface area contributed by atoms with E-state index in [2.05, 4.69) is 16.9 Å². The van der Waals surface area contributed by atoms with Gasteiger partial charge in [0.15, 0.2) is 0 Å². The van der Waals surface area contributed by atoms with E-state index in [4.69, 9.17) is 20.1 Å². The molecule has 0 aromatic carbocycles. The van der Waals surface area contributed by atoms with Crippen molar-refractivity contribution < 1.29 is 29.6 Å². The maximum Gasteiger partial charge on any atom is 0.234 e. The number of hydrogen-bond donors (Lipinski definition) is 3. The summed E-state index contributed by atoms with van der Waals surface area (Å²) < 4.78 is 4.71. The van der Waals surface area contributed by atoms with Crippen molar-refractivity contribution in [2.45, 2.75) is 52.1 Å². The fourth-order valence-electron chi connectivity index (χ4n) is 1.41. The zero-order valence-electron chi connectivity index (χ0n) is 15.3. The molecule has 8 heteroatoms. The van der Waals surface area contributed by atoms with E-state index in [0.29, 0.717) is 25.6 Å². The molecule has 0 aromatic rings. The fourth-order valence-corrected chi connectivity index (χ4v) is 1.41. The summed E-state index contributed by atoms with van der Waals surface area (Å²) in [4.78, 5) is 26.1. The molecule has 1 aliphatic heterocycles. The van der Waals surface area contributed by atoms with Crippen LogP contribution in [0.25, 0.3) is 0 Å². The van der Waals surface area contributed by atoms with E-state index in [0.717, 1.165) is 32.3 Å². The van der Waals surface area contributed by atoms with E-state index in [9.17, 15) is 9.59 Å². The number of aliphatic hydroxyl groups excluding tert-OH is 3. The molecule has 146 valence electrons. The fraction of sp³-hybridized carbons (Fsp3) is 0.882. The van der Waals surface area contributed by atoms with Gasteiger partial charge in [0.1, 0.15) is 0 Å². The Hall–Kier alpha value is -1.40. The number of nitrogens with zero attached hydrogens (tertiary/aromatic N) is 2. The summed E-state index contributed by atoms with van der Waals surface area (Å²) in [6.45, 7) is 5.51. The molecular formula is C17H32N2O6. The number of rotatable bonds is 11. The number of isocyanates is 2. The molecule has 25 heavy (non-hydrogen) atoms. The molecule has 1 atom stereocenters. The first-order chi connectivity index (χ1) is 12.1. The number of unbranched alkanes of at least 4 members (excludes halogenated alkanes) is 3. The third-order valence-electron chi connectivity index (χ3n) is 3.68. The highest BCUT2D eigenvalue weighted by atomic mass is 16.6. The lowest BCUT2D eigenvalue weighted by Crippen LogP contribution is -2.32. The second kappa shape index (κ2) is 18.9. The Morgan fingerprint density at radius 1 is 0.960 bits per heavy atom. The van der Waals surface area contributed by atoms with E-state index in [1.807, 2.05) is 6.92 Å². The summed E-state index contributed by atoms with van der Waals surface area (Å²) in [5.41, 5.74) is -0.667. The van der Waals surface area contributed by atoms with Gasteiger partial charge in [-0.05, 0) is 26.2 Å². The average Bonchev–Trinajstić information content (AvgIpc) is 3.43. The number of aliphatic imine (C=N–C) groups is 2. The van der Waals surface area contributed by atoms with Gasteiger partial charge < -0.3 is 20.1 Å². The molecule has 0 radical (unpaired) electrons. The van der Waals surface area contributed by atoms with Gasteiger partial charge in [0.25, 0.3) is 0 Å². The predicted octanol–water partition coefficient (Wildman–Crippen LogP) is 0.983. The van der Waals surface area contributed by atoms with Crippen LogP contribution in [0.3, 0.4) is 0 Å². The number of aliphatic hydroxyl groups is 3.